The van der Waals surface area contributed by atoms with E-state index in [1.807, 2.05) is 0 Å². The fourth-order valence-electron chi connectivity index (χ4n) is 4.21. The second-order valence-corrected chi connectivity index (χ2v) is 9.49. The van der Waals surface area contributed by atoms with Crippen molar-refractivity contribution in [3.8, 4) is 0 Å². The molecule has 1 aromatic carbocycles. The lowest BCUT2D eigenvalue weighted by Crippen LogP contribution is -2.38. The van der Waals surface area contributed by atoms with Crippen LogP contribution >= 0.6 is 11.3 Å². The van der Waals surface area contributed by atoms with E-state index in [9.17, 15) is 14.9 Å². The molecule has 1 aromatic heterocycles. The molecule has 0 fully saturated rings. The maximum atomic E-state index is 12.9. The van der Waals surface area contributed by atoms with Crippen LogP contribution in [0.1, 0.15) is 66.1 Å². The van der Waals surface area contributed by atoms with Gasteiger partial charge in [0.25, 0.3) is 11.6 Å². The number of nitrogens with zero attached hydrogens (tertiary/aromatic N) is 1. The number of thiophene rings is 1. The Morgan fingerprint density at radius 3 is 2.61 bits per heavy atom. The SMILES string of the molecule is CCC(C)(C)[C@H]1CCc2c(sc3c2C(=O)N[C@H](c2ccc([N+](=O)[O-])cc2)N3)C1. The Labute approximate surface area is 168 Å². The second kappa shape index (κ2) is 6.88. The molecule has 1 amide bonds. The first-order valence-corrected chi connectivity index (χ1v) is 10.6. The average Bonchev–Trinajstić information content (AvgIpc) is 3.06. The molecule has 0 spiro atoms. The van der Waals surface area contributed by atoms with Gasteiger partial charge in [-0.2, -0.15) is 0 Å². The zero-order chi connectivity index (χ0) is 20.1. The highest BCUT2D eigenvalue weighted by Crippen LogP contribution is 2.46. The van der Waals surface area contributed by atoms with Gasteiger partial charge in [-0.25, -0.2) is 0 Å². The van der Waals surface area contributed by atoms with Crippen molar-refractivity contribution in [2.24, 2.45) is 11.3 Å². The molecule has 1 aliphatic carbocycles. The number of anilines is 1. The van der Waals surface area contributed by atoms with E-state index in [-0.39, 0.29) is 17.8 Å². The van der Waals surface area contributed by atoms with Crippen molar-refractivity contribution in [3.63, 3.8) is 0 Å². The molecule has 2 heterocycles. The number of nitro benzene ring substituents is 1. The van der Waals surface area contributed by atoms with Crippen molar-refractivity contribution in [3.05, 3.63) is 55.9 Å². The van der Waals surface area contributed by atoms with Crippen LogP contribution in [0.15, 0.2) is 24.3 Å². The molecule has 28 heavy (non-hydrogen) atoms. The third-order valence-electron chi connectivity index (χ3n) is 6.50. The van der Waals surface area contributed by atoms with Gasteiger partial charge in [0.05, 0.1) is 10.5 Å². The Morgan fingerprint density at radius 1 is 1.25 bits per heavy atom. The molecule has 148 valence electrons. The van der Waals surface area contributed by atoms with Crippen LogP contribution in [-0.4, -0.2) is 10.8 Å². The molecule has 2 aliphatic rings. The van der Waals surface area contributed by atoms with Crippen LogP contribution in [0.3, 0.4) is 0 Å². The van der Waals surface area contributed by atoms with E-state index in [1.54, 1.807) is 23.5 Å². The van der Waals surface area contributed by atoms with Gasteiger partial charge in [-0.1, -0.05) is 27.2 Å². The summed E-state index contributed by atoms with van der Waals surface area (Å²) >= 11 is 1.70. The molecule has 0 saturated carbocycles. The lowest BCUT2D eigenvalue weighted by molar-refractivity contribution is -0.384. The second-order valence-electron chi connectivity index (χ2n) is 8.39. The number of amides is 1. The van der Waals surface area contributed by atoms with Gasteiger partial charge in [-0.05, 0) is 53.9 Å². The highest BCUT2D eigenvalue weighted by molar-refractivity contribution is 7.16. The summed E-state index contributed by atoms with van der Waals surface area (Å²) in [6.45, 7) is 6.93. The number of fused-ring (bicyclic) bond motifs is 3. The summed E-state index contributed by atoms with van der Waals surface area (Å²) in [4.78, 5) is 24.6. The molecular weight excluding hydrogens is 374 g/mol. The number of benzene rings is 1. The van der Waals surface area contributed by atoms with Gasteiger partial charge in [0.2, 0.25) is 0 Å². The molecule has 1 aliphatic heterocycles. The highest BCUT2D eigenvalue weighted by atomic mass is 32.1. The molecule has 0 saturated heterocycles. The molecule has 2 N–H and O–H groups in total. The first-order valence-electron chi connectivity index (χ1n) is 9.76. The minimum absolute atomic E-state index is 0.0442. The maximum Gasteiger partial charge on any atom is 0.269 e. The van der Waals surface area contributed by atoms with Crippen LogP contribution in [0.25, 0.3) is 0 Å². The lowest BCUT2D eigenvalue weighted by Gasteiger charge is -2.36. The van der Waals surface area contributed by atoms with Gasteiger partial charge >= 0.3 is 0 Å². The molecule has 0 radical (unpaired) electrons. The monoisotopic (exact) mass is 399 g/mol. The molecule has 6 nitrogen and oxygen atoms in total. The fraction of sp³-hybridized carbons (Fsp3) is 0.476. The maximum absolute atomic E-state index is 12.9. The number of carbonyl (C=O) groups is 1. The molecule has 4 rings (SSSR count). The number of rotatable bonds is 4. The van der Waals surface area contributed by atoms with Crippen molar-refractivity contribution < 1.29 is 9.72 Å². The van der Waals surface area contributed by atoms with Crippen molar-refractivity contribution >= 4 is 27.9 Å². The Bertz CT molecular complexity index is 933. The summed E-state index contributed by atoms with van der Waals surface area (Å²) in [6.07, 6.45) is 3.89. The first kappa shape index (κ1) is 18.9. The van der Waals surface area contributed by atoms with Gasteiger partial charge in [0.15, 0.2) is 0 Å². The van der Waals surface area contributed by atoms with E-state index in [0.717, 1.165) is 41.8 Å². The van der Waals surface area contributed by atoms with Crippen molar-refractivity contribution in [1.82, 2.24) is 5.32 Å². The van der Waals surface area contributed by atoms with Crippen LogP contribution in [0.5, 0.6) is 0 Å². The van der Waals surface area contributed by atoms with Crippen LogP contribution in [0.2, 0.25) is 0 Å². The van der Waals surface area contributed by atoms with Crippen LogP contribution in [0, 0.1) is 21.4 Å². The fourth-order valence-corrected chi connectivity index (χ4v) is 5.56. The topological polar surface area (TPSA) is 84.3 Å². The number of carbonyl (C=O) groups excluding carboxylic acids is 1. The largest absolute Gasteiger partial charge is 0.353 e. The van der Waals surface area contributed by atoms with E-state index < -0.39 is 4.92 Å². The minimum Gasteiger partial charge on any atom is -0.353 e. The van der Waals surface area contributed by atoms with E-state index in [4.69, 9.17) is 0 Å². The van der Waals surface area contributed by atoms with Crippen molar-refractivity contribution in [1.29, 1.82) is 0 Å². The smallest absolute Gasteiger partial charge is 0.269 e. The first-order chi connectivity index (χ1) is 13.3. The summed E-state index contributed by atoms with van der Waals surface area (Å²) in [5.74, 6) is 0.585. The summed E-state index contributed by atoms with van der Waals surface area (Å²) in [7, 11) is 0. The molecular formula is C21H25N3O3S. The van der Waals surface area contributed by atoms with Gasteiger partial charge in [0.1, 0.15) is 11.2 Å². The number of hydrogen-bond acceptors (Lipinski definition) is 5. The predicted molar refractivity (Wildman–Crippen MR) is 111 cm³/mol. The number of nitrogens with one attached hydrogen (secondary N) is 2. The van der Waals surface area contributed by atoms with E-state index in [0.29, 0.717) is 11.3 Å². The molecule has 0 unspecified atom stereocenters. The number of non-ortho nitro benzene ring substituents is 1. The Morgan fingerprint density at radius 2 is 1.96 bits per heavy atom. The zero-order valence-electron chi connectivity index (χ0n) is 16.4. The van der Waals surface area contributed by atoms with Gasteiger partial charge in [0, 0.05) is 17.0 Å². The molecule has 2 atom stereocenters. The molecule has 2 aromatic rings. The Hall–Kier alpha value is -2.41. The highest BCUT2D eigenvalue weighted by Gasteiger charge is 2.37. The average molecular weight is 400 g/mol. The lowest BCUT2D eigenvalue weighted by atomic mass is 9.69. The predicted octanol–water partition coefficient (Wildman–Crippen LogP) is 5.05. The number of hydrogen-bond donors (Lipinski definition) is 2. The van der Waals surface area contributed by atoms with Crippen LogP contribution in [-0.2, 0) is 12.8 Å². The van der Waals surface area contributed by atoms with Gasteiger partial charge < -0.3 is 10.6 Å². The summed E-state index contributed by atoms with van der Waals surface area (Å²) in [6, 6.07) is 6.31. The van der Waals surface area contributed by atoms with Crippen LogP contribution in [0.4, 0.5) is 10.7 Å². The number of nitro groups is 1. The summed E-state index contributed by atoms with van der Waals surface area (Å²) < 4.78 is 0. The van der Waals surface area contributed by atoms with Crippen molar-refractivity contribution in [2.75, 3.05) is 5.32 Å². The third-order valence-corrected chi connectivity index (χ3v) is 7.68. The molecule has 7 heteroatoms. The van der Waals surface area contributed by atoms with Crippen LogP contribution < -0.4 is 10.6 Å². The van der Waals surface area contributed by atoms with Gasteiger partial charge in [-0.3, -0.25) is 14.9 Å². The quantitative estimate of drug-likeness (QED) is 0.556. The summed E-state index contributed by atoms with van der Waals surface area (Å²) in [5.41, 5.74) is 3.16. The standard InChI is InChI=1S/C21H25N3O3S/c1-4-21(2,3)13-7-10-15-16(11-13)28-20-17(15)19(25)22-18(23-20)12-5-8-14(9-6-12)24(26)27/h5-6,8-9,13,18,23H,4,7,10-11H2,1-3H3,(H,22,25)/t13-,18-/m0/s1. The van der Waals surface area contributed by atoms with E-state index in [2.05, 4.69) is 31.4 Å². The summed E-state index contributed by atoms with van der Waals surface area (Å²) in [5, 5.41) is 18.2. The Kier molecular flexibility index (Phi) is 4.65. The minimum atomic E-state index is -0.420. The Balaban J connectivity index is 1.60. The third kappa shape index (κ3) is 3.17. The molecule has 0 bridgehead atoms. The normalized spacial score (nSPS) is 21.3. The van der Waals surface area contributed by atoms with Gasteiger partial charge in [-0.15, -0.1) is 11.3 Å². The van der Waals surface area contributed by atoms with E-state index in [1.165, 1.54) is 22.6 Å². The van der Waals surface area contributed by atoms with Crippen molar-refractivity contribution in [2.45, 2.75) is 52.6 Å². The van der Waals surface area contributed by atoms with E-state index >= 15 is 0 Å². The zero-order valence-corrected chi connectivity index (χ0v) is 17.2.